The van der Waals surface area contributed by atoms with Crippen molar-refractivity contribution in [3.05, 3.63) is 39.4 Å². The van der Waals surface area contributed by atoms with Crippen LogP contribution in [0.5, 0.6) is 0 Å². The predicted molar refractivity (Wildman–Crippen MR) is 73.8 cm³/mol. The first-order chi connectivity index (χ1) is 9.75. The molecule has 0 aromatic carbocycles. The zero-order chi connectivity index (χ0) is 15.6. The van der Waals surface area contributed by atoms with Crippen molar-refractivity contribution >= 4 is 11.3 Å². The summed E-state index contributed by atoms with van der Waals surface area (Å²) in [6.45, 7) is 4.60. The average Bonchev–Trinajstić information content (AvgIpc) is 2.76. The molecule has 0 N–H and O–H groups in total. The Labute approximate surface area is 124 Å². The van der Waals surface area contributed by atoms with Gasteiger partial charge in [0.2, 0.25) is 5.82 Å². The Morgan fingerprint density at radius 2 is 1.90 bits per heavy atom. The van der Waals surface area contributed by atoms with E-state index in [2.05, 4.69) is 15.0 Å². The lowest BCUT2D eigenvalue weighted by Crippen LogP contribution is -2.19. The first-order valence-corrected chi connectivity index (χ1v) is 7.13. The monoisotopic (exact) mass is 316 g/mol. The molecule has 4 nitrogen and oxygen atoms in total. The minimum absolute atomic E-state index is 0.347. The second kappa shape index (κ2) is 6.07. The smallest absolute Gasteiger partial charge is 0.295 e. The van der Waals surface area contributed by atoms with Gasteiger partial charge in [0, 0.05) is 35.1 Å². The highest BCUT2D eigenvalue weighted by molar-refractivity contribution is 7.09. The highest BCUT2D eigenvalue weighted by Crippen LogP contribution is 2.26. The fourth-order valence-corrected chi connectivity index (χ4v) is 2.69. The minimum Gasteiger partial charge on any atom is -0.295 e. The summed E-state index contributed by atoms with van der Waals surface area (Å²) < 4.78 is 37.5. The second-order valence-corrected chi connectivity index (χ2v) is 5.80. The van der Waals surface area contributed by atoms with Crippen molar-refractivity contribution < 1.29 is 13.2 Å². The molecule has 114 valence electrons. The second-order valence-electron chi connectivity index (χ2n) is 4.86. The van der Waals surface area contributed by atoms with E-state index in [1.807, 2.05) is 24.3 Å². The largest absolute Gasteiger partial charge is 0.451 e. The quantitative estimate of drug-likeness (QED) is 0.868. The van der Waals surface area contributed by atoms with Crippen LogP contribution in [-0.4, -0.2) is 26.9 Å². The van der Waals surface area contributed by atoms with E-state index in [0.29, 0.717) is 24.3 Å². The minimum atomic E-state index is -4.51. The van der Waals surface area contributed by atoms with Crippen LogP contribution in [0.1, 0.15) is 27.8 Å². The molecule has 2 rings (SSSR count). The Balaban J connectivity index is 2.05. The number of alkyl halides is 3. The Kier molecular flexibility index (Phi) is 4.58. The molecule has 0 saturated heterocycles. The fraction of sp³-hybridized carbons (Fsp3) is 0.462. The molecule has 0 aliphatic heterocycles. The van der Waals surface area contributed by atoms with Crippen molar-refractivity contribution in [2.75, 3.05) is 7.05 Å². The SMILES string of the molecule is Cc1csc(CN(C)Cc2cnc(C(F)(F)F)nc2C)n1. The van der Waals surface area contributed by atoms with Gasteiger partial charge in [0.05, 0.1) is 6.54 Å². The van der Waals surface area contributed by atoms with E-state index in [9.17, 15) is 13.2 Å². The van der Waals surface area contributed by atoms with Gasteiger partial charge in [0.1, 0.15) is 5.01 Å². The van der Waals surface area contributed by atoms with Crippen LogP contribution in [0.4, 0.5) is 13.2 Å². The van der Waals surface area contributed by atoms with Crippen molar-refractivity contribution in [2.24, 2.45) is 0 Å². The predicted octanol–water partition coefficient (Wildman–Crippen LogP) is 3.20. The van der Waals surface area contributed by atoms with Gasteiger partial charge >= 0.3 is 6.18 Å². The van der Waals surface area contributed by atoms with Crippen LogP contribution in [0.2, 0.25) is 0 Å². The van der Waals surface area contributed by atoms with Gasteiger partial charge in [-0.3, -0.25) is 4.90 Å². The molecule has 0 spiro atoms. The van der Waals surface area contributed by atoms with Gasteiger partial charge in [0.15, 0.2) is 0 Å². The molecule has 0 aliphatic rings. The summed E-state index contributed by atoms with van der Waals surface area (Å²) in [4.78, 5) is 13.3. The van der Waals surface area contributed by atoms with Gasteiger partial charge in [-0.05, 0) is 20.9 Å². The van der Waals surface area contributed by atoms with Crippen molar-refractivity contribution in [1.29, 1.82) is 0 Å². The Morgan fingerprint density at radius 1 is 1.19 bits per heavy atom. The zero-order valence-electron chi connectivity index (χ0n) is 11.9. The maximum atomic E-state index is 12.5. The molecule has 2 aromatic heterocycles. The summed E-state index contributed by atoms with van der Waals surface area (Å²) in [5.74, 6) is -1.10. The Bertz CT molecular complexity index is 624. The van der Waals surface area contributed by atoms with Crippen LogP contribution >= 0.6 is 11.3 Å². The van der Waals surface area contributed by atoms with Gasteiger partial charge < -0.3 is 0 Å². The van der Waals surface area contributed by atoms with E-state index in [-0.39, 0.29) is 0 Å². The molecule has 0 unspecified atom stereocenters. The highest BCUT2D eigenvalue weighted by Gasteiger charge is 2.34. The topological polar surface area (TPSA) is 41.9 Å². The molecule has 0 radical (unpaired) electrons. The molecule has 0 aliphatic carbocycles. The molecule has 2 aromatic rings. The fourth-order valence-electron chi connectivity index (χ4n) is 1.84. The molecular weight excluding hydrogens is 301 g/mol. The van der Waals surface area contributed by atoms with E-state index in [1.165, 1.54) is 6.20 Å². The lowest BCUT2D eigenvalue weighted by molar-refractivity contribution is -0.145. The summed E-state index contributed by atoms with van der Waals surface area (Å²) in [6.07, 6.45) is -3.26. The van der Waals surface area contributed by atoms with Gasteiger partial charge in [-0.1, -0.05) is 0 Å². The Hall–Kier alpha value is -1.54. The summed E-state index contributed by atoms with van der Waals surface area (Å²) in [5, 5.41) is 2.94. The number of rotatable bonds is 4. The van der Waals surface area contributed by atoms with E-state index in [0.717, 1.165) is 10.7 Å². The maximum Gasteiger partial charge on any atom is 0.451 e. The van der Waals surface area contributed by atoms with Gasteiger partial charge in [-0.2, -0.15) is 13.2 Å². The molecule has 0 atom stereocenters. The standard InChI is InChI=1S/C13H15F3N4S/c1-8-7-21-11(18-8)6-20(3)5-10-4-17-12(13(14,15)16)19-9(10)2/h4,7H,5-6H2,1-3H3. The van der Waals surface area contributed by atoms with Crippen molar-refractivity contribution in [2.45, 2.75) is 33.1 Å². The Morgan fingerprint density at radius 3 is 2.43 bits per heavy atom. The zero-order valence-corrected chi connectivity index (χ0v) is 12.7. The molecule has 21 heavy (non-hydrogen) atoms. The molecule has 0 fully saturated rings. The molecule has 0 saturated carbocycles. The van der Waals surface area contributed by atoms with Gasteiger partial charge in [-0.15, -0.1) is 11.3 Å². The third kappa shape index (κ3) is 4.21. The van der Waals surface area contributed by atoms with Crippen LogP contribution in [0.15, 0.2) is 11.6 Å². The number of halogens is 3. The number of thiazole rings is 1. The van der Waals surface area contributed by atoms with Crippen LogP contribution in [0, 0.1) is 13.8 Å². The summed E-state index contributed by atoms with van der Waals surface area (Å²) in [6, 6.07) is 0. The van der Waals surface area contributed by atoms with Crippen molar-refractivity contribution in [1.82, 2.24) is 19.9 Å². The van der Waals surface area contributed by atoms with E-state index in [4.69, 9.17) is 0 Å². The number of aryl methyl sites for hydroxylation is 2. The van der Waals surface area contributed by atoms with Crippen LogP contribution in [-0.2, 0) is 19.3 Å². The summed E-state index contributed by atoms with van der Waals surface area (Å²) >= 11 is 1.57. The normalized spacial score (nSPS) is 12.1. The highest BCUT2D eigenvalue weighted by atomic mass is 32.1. The third-order valence-corrected chi connectivity index (χ3v) is 3.80. The molecule has 0 amide bonds. The number of nitrogens with zero attached hydrogens (tertiary/aromatic N) is 4. The van der Waals surface area contributed by atoms with Crippen molar-refractivity contribution in [3.8, 4) is 0 Å². The van der Waals surface area contributed by atoms with E-state index in [1.54, 1.807) is 18.3 Å². The first kappa shape index (κ1) is 15.8. The van der Waals surface area contributed by atoms with Crippen molar-refractivity contribution in [3.63, 3.8) is 0 Å². The molecule has 0 bridgehead atoms. The van der Waals surface area contributed by atoms with Gasteiger partial charge in [-0.25, -0.2) is 15.0 Å². The summed E-state index contributed by atoms with van der Waals surface area (Å²) in [5.41, 5.74) is 2.00. The molecular formula is C13H15F3N4S. The van der Waals surface area contributed by atoms with Crippen LogP contribution < -0.4 is 0 Å². The third-order valence-electron chi connectivity index (χ3n) is 2.85. The number of hydrogen-bond donors (Lipinski definition) is 0. The lowest BCUT2D eigenvalue weighted by Gasteiger charge is -2.16. The number of aromatic nitrogens is 3. The maximum absolute atomic E-state index is 12.5. The van der Waals surface area contributed by atoms with E-state index < -0.39 is 12.0 Å². The van der Waals surface area contributed by atoms with Crippen LogP contribution in [0.25, 0.3) is 0 Å². The molecule has 2 heterocycles. The van der Waals surface area contributed by atoms with Crippen LogP contribution in [0.3, 0.4) is 0 Å². The molecule has 8 heteroatoms. The van der Waals surface area contributed by atoms with E-state index >= 15 is 0 Å². The van der Waals surface area contributed by atoms with Gasteiger partial charge in [0.25, 0.3) is 0 Å². The number of hydrogen-bond acceptors (Lipinski definition) is 5. The average molecular weight is 316 g/mol. The first-order valence-electron chi connectivity index (χ1n) is 6.25. The lowest BCUT2D eigenvalue weighted by atomic mass is 10.2. The summed E-state index contributed by atoms with van der Waals surface area (Å²) in [7, 11) is 1.88.